The third-order valence-corrected chi connectivity index (χ3v) is 2.50. The molecule has 0 unspecified atom stereocenters. The van der Waals surface area contributed by atoms with Crippen LogP contribution in [0.4, 0.5) is 20.6 Å². The Morgan fingerprint density at radius 3 is 2.10 bits per heavy atom. The maximum absolute atomic E-state index is 13.0. The van der Waals surface area contributed by atoms with Crippen LogP contribution >= 0.6 is 0 Å². The van der Waals surface area contributed by atoms with Gasteiger partial charge in [0.05, 0.1) is 0 Å². The van der Waals surface area contributed by atoms with E-state index in [2.05, 4.69) is 10.6 Å². The van der Waals surface area contributed by atoms with Gasteiger partial charge in [0.15, 0.2) is 0 Å². The van der Waals surface area contributed by atoms with Crippen molar-refractivity contribution in [3.8, 4) is 0 Å². The number of primary amides is 1. The van der Waals surface area contributed by atoms with Crippen molar-refractivity contribution in [3.05, 3.63) is 59.9 Å². The zero-order chi connectivity index (χ0) is 14.5. The van der Waals surface area contributed by atoms with Gasteiger partial charge in [0, 0.05) is 16.9 Å². The van der Waals surface area contributed by atoms with Crippen molar-refractivity contribution in [3.63, 3.8) is 0 Å². The van der Waals surface area contributed by atoms with Crippen molar-refractivity contribution in [1.29, 1.82) is 0 Å². The maximum atomic E-state index is 13.0. The highest BCUT2D eigenvalue weighted by Gasteiger charge is 2.07. The Balaban J connectivity index is 2.06. The molecule has 0 aromatic heterocycles. The summed E-state index contributed by atoms with van der Waals surface area (Å²) in [4.78, 5) is 22.5. The Morgan fingerprint density at radius 2 is 1.55 bits per heavy atom. The van der Waals surface area contributed by atoms with E-state index in [-0.39, 0.29) is 5.56 Å². The van der Waals surface area contributed by atoms with Crippen molar-refractivity contribution < 1.29 is 14.0 Å². The standard InChI is InChI=1S/C14H12FN3O2/c15-10-3-1-2-9(8-10)13(19)17-11-4-6-12(7-5-11)18-14(16)20/h1-8H,(H,17,19)(H3,16,18,20). The number of amides is 3. The molecule has 20 heavy (non-hydrogen) atoms. The average Bonchev–Trinajstić information content (AvgIpc) is 2.40. The third-order valence-electron chi connectivity index (χ3n) is 2.50. The molecule has 0 heterocycles. The van der Waals surface area contributed by atoms with E-state index >= 15 is 0 Å². The van der Waals surface area contributed by atoms with Crippen LogP contribution in [0, 0.1) is 5.82 Å². The number of carbonyl (C=O) groups is 2. The lowest BCUT2D eigenvalue weighted by Gasteiger charge is -2.07. The van der Waals surface area contributed by atoms with Crippen molar-refractivity contribution in [2.75, 3.05) is 10.6 Å². The Kier molecular flexibility index (Phi) is 3.95. The molecule has 0 fully saturated rings. The van der Waals surface area contributed by atoms with Gasteiger partial charge in [-0.1, -0.05) is 6.07 Å². The molecule has 0 saturated carbocycles. The number of hydrogen-bond donors (Lipinski definition) is 3. The van der Waals surface area contributed by atoms with Gasteiger partial charge in [-0.05, 0) is 42.5 Å². The SMILES string of the molecule is NC(=O)Nc1ccc(NC(=O)c2cccc(F)c2)cc1. The van der Waals surface area contributed by atoms with Gasteiger partial charge in [-0.2, -0.15) is 0 Å². The van der Waals surface area contributed by atoms with Crippen LogP contribution in [0.25, 0.3) is 0 Å². The van der Waals surface area contributed by atoms with Gasteiger partial charge < -0.3 is 16.4 Å². The number of halogens is 1. The molecule has 6 heteroatoms. The topological polar surface area (TPSA) is 84.2 Å². The third kappa shape index (κ3) is 3.55. The average molecular weight is 273 g/mol. The van der Waals surface area contributed by atoms with E-state index < -0.39 is 17.8 Å². The van der Waals surface area contributed by atoms with E-state index in [1.807, 2.05) is 0 Å². The van der Waals surface area contributed by atoms with Crippen LogP contribution in [0.5, 0.6) is 0 Å². The van der Waals surface area contributed by atoms with Crippen LogP contribution in [-0.4, -0.2) is 11.9 Å². The highest BCUT2D eigenvalue weighted by atomic mass is 19.1. The van der Waals surface area contributed by atoms with Gasteiger partial charge in [-0.15, -0.1) is 0 Å². The number of hydrogen-bond acceptors (Lipinski definition) is 2. The van der Waals surface area contributed by atoms with Crippen molar-refractivity contribution in [2.24, 2.45) is 5.73 Å². The van der Waals surface area contributed by atoms with Gasteiger partial charge >= 0.3 is 6.03 Å². The first kappa shape index (κ1) is 13.5. The Morgan fingerprint density at radius 1 is 0.950 bits per heavy atom. The van der Waals surface area contributed by atoms with Crippen LogP contribution in [0.1, 0.15) is 10.4 Å². The van der Waals surface area contributed by atoms with Gasteiger partial charge in [-0.3, -0.25) is 4.79 Å². The Hall–Kier alpha value is -2.89. The first-order chi connectivity index (χ1) is 9.54. The molecule has 0 radical (unpaired) electrons. The molecule has 2 aromatic rings. The lowest BCUT2D eigenvalue weighted by molar-refractivity contribution is 0.102. The smallest absolute Gasteiger partial charge is 0.316 e. The van der Waals surface area contributed by atoms with Gasteiger partial charge in [0.25, 0.3) is 5.91 Å². The molecule has 3 amide bonds. The van der Waals surface area contributed by atoms with Crippen LogP contribution in [0.3, 0.4) is 0 Å². The maximum Gasteiger partial charge on any atom is 0.316 e. The Labute approximate surface area is 114 Å². The molecule has 0 bridgehead atoms. The second-order valence-electron chi connectivity index (χ2n) is 4.03. The molecule has 0 spiro atoms. The normalized spacial score (nSPS) is 9.85. The fourth-order valence-corrected chi connectivity index (χ4v) is 1.61. The number of anilines is 2. The molecule has 4 N–H and O–H groups in total. The minimum absolute atomic E-state index is 0.226. The molecule has 0 saturated heterocycles. The van der Waals surface area contributed by atoms with Gasteiger partial charge in [-0.25, -0.2) is 9.18 Å². The minimum Gasteiger partial charge on any atom is -0.351 e. The van der Waals surface area contributed by atoms with Crippen molar-refractivity contribution in [2.45, 2.75) is 0 Å². The predicted octanol–water partition coefficient (Wildman–Crippen LogP) is 2.57. The molecule has 0 aliphatic heterocycles. The first-order valence-electron chi connectivity index (χ1n) is 5.78. The number of benzene rings is 2. The molecule has 0 aliphatic rings. The number of rotatable bonds is 3. The summed E-state index contributed by atoms with van der Waals surface area (Å²) >= 11 is 0. The number of urea groups is 1. The summed E-state index contributed by atoms with van der Waals surface area (Å²) in [5.41, 5.74) is 6.24. The minimum atomic E-state index is -0.665. The number of carbonyl (C=O) groups excluding carboxylic acids is 2. The molecule has 2 aromatic carbocycles. The summed E-state index contributed by atoms with van der Waals surface area (Å²) in [5, 5.41) is 5.02. The molecule has 0 atom stereocenters. The predicted molar refractivity (Wildman–Crippen MR) is 74.0 cm³/mol. The van der Waals surface area contributed by atoms with E-state index in [0.717, 1.165) is 6.07 Å². The number of nitrogens with two attached hydrogens (primary N) is 1. The molecule has 102 valence electrons. The highest BCUT2D eigenvalue weighted by Crippen LogP contribution is 2.14. The van der Waals surface area contributed by atoms with Crippen LogP contribution in [0.15, 0.2) is 48.5 Å². The molecule has 5 nitrogen and oxygen atoms in total. The summed E-state index contributed by atoms with van der Waals surface area (Å²) in [5.74, 6) is -0.890. The molecule has 2 rings (SSSR count). The lowest BCUT2D eigenvalue weighted by atomic mass is 10.2. The zero-order valence-corrected chi connectivity index (χ0v) is 10.4. The first-order valence-corrected chi connectivity index (χ1v) is 5.78. The summed E-state index contributed by atoms with van der Waals surface area (Å²) in [7, 11) is 0. The van der Waals surface area contributed by atoms with Crippen LogP contribution < -0.4 is 16.4 Å². The molecule has 0 aliphatic carbocycles. The lowest BCUT2D eigenvalue weighted by Crippen LogP contribution is -2.19. The zero-order valence-electron chi connectivity index (χ0n) is 10.4. The van der Waals surface area contributed by atoms with Crippen molar-refractivity contribution in [1.82, 2.24) is 0 Å². The molecular formula is C14H12FN3O2. The monoisotopic (exact) mass is 273 g/mol. The van der Waals surface area contributed by atoms with Gasteiger partial charge in [0.2, 0.25) is 0 Å². The van der Waals surface area contributed by atoms with E-state index in [4.69, 9.17) is 5.73 Å². The highest BCUT2D eigenvalue weighted by molar-refractivity contribution is 6.04. The van der Waals surface area contributed by atoms with Crippen molar-refractivity contribution >= 4 is 23.3 Å². The summed E-state index contributed by atoms with van der Waals surface area (Å²) in [6.07, 6.45) is 0. The number of nitrogens with one attached hydrogen (secondary N) is 2. The van der Waals surface area contributed by atoms with E-state index in [9.17, 15) is 14.0 Å². The van der Waals surface area contributed by atoms with Gasteiger partial charge in [0.1, 0.15) is 5.82 Å². The fourth-order valence-electron chi connectivity index (χ4n) is 1.61. The fraction of sp³-hybridized carbons (Fsp3) is 0. The quantitative estimate of drug-likeness (QED) is 0.803. The van der Waals surface area contributed by atoms with E-state index in [1.54, 1.807) is 24.3 Å². The summed E-state index contributed by atoms with van der Waals surface area (Å²) < 4.78 is 13.0. The molecular weight excluding hydrogens is 261 g/mol. The second-order valence-corrected chi connectivity index (χ2v) is 4.03. The van der Waals surface area contributed by atoms with E-state index in [1.165, 1.54) is 18.2 Å². The summed E-state index contributed by atoms with van der Waals surface area (Å²) in [6, 6.07) is 11.1. The summed E-state index contributed by atoms with van der Waals surface area (Å²) in [6.45, 7) is 0. The second kappa shape index (κ2) is 5.83. The largest absolute Gasteiger partial charge is 0.351 e. The van der Waals surface area contributed by atoms with Crippen LogP contribution in [-0.2, 0) is 0 Å². The van der Waals surface area contributed by atoms with E-state index in [0.29, 0.717) is 11.4 Å². The van der Waals surface area contributed by atoms with Crippen LogP contribution in [0.2, 0.25) is 0 Å². The Bertz CT molecular complexity index is 641.